The molecule has 7 heteroatoms. The molecular formula is C14H17N3O3S. The second kappa shape index (κ2) is 6.17. The van der Waals surface area contributed by atoms with E-state index in [0.717, 1.165) is 28.1 Å². The highest BCUT2D eigenvalue weighted by Crippen LogP contribution is 2.12. The van der Waals surface area contributed by atoms with Crippen molar-refractivity contribution in [3.63, 3.8) is 0 Å². The first-order valence-electron chi connectivity index (χ1n) is 6.68. The van der Waals surface area contributed by atoms with E-state index in [-0.39, 0.29) is 17.9 Å². The van der Waals surface area contributed by atoms with Gasteiger partial charge in [0.15, 0.2) is 5.78 Å². The summed E-state index contributed by atoms with van der Waals surface area (Å²) in [5.41, 5.74) is -0.233. The van der Waals surface area contributed by atoms with Crippen LogP contribution in [0.3, 0.4) is 0 Å². The van der Waals surface area contributed by atoms with Gasteiger partial charge in [-0.2, -0.15) is 0 Å². The maximum Gasteiger partial charge on any atom is 0.331 e. The molecule has 0 aliphatic heterocycles. The van der Waals surface area contributed by atoms with Crippen LogP contribution < -0.4 is 11.2 Å². The molecule has 2 aromatic rings. The average molecular weight is 307 g/mol. The van der Waals surface area contributed by atoms with Gasteiger partial charge in [-0.05, 0) is 19.8 Å². The number of hydrogen-bond donors (Lipinski definition) is 0. The van der Waals surface area contributed by atoms with Crippen molar-refractivity contribution in [2.24, 2.45) is 7.05 Å². The molecule has 0 saturated heterocycles. The quantitative estimate of drug-likeness (QED) is 0.778. The summed E-state index contributed by atoms with van der Waals surface area (Å²) in [4.78, 5) is 39.9. The largest absolute Gasteiger partial charge is 0.331 e. The zero-order valence-electron chi connectivity index (χ0n) is 12.3. The third-order valence-electron chi connectivity index (χ3n) is 3.13. The molecule has 0 bridgehead atoms. The molecule has 0 spiro atoms. The van der Waals surface area contributed by atoms with Crippen LogP contribution in [0.25, 0.3) is 0 Å². The van der Waals surface area contributed by atoms with Crippen molar-refractivity contribution in [3.05, 3.63) is 48.7 Å². The molecule has 0 N–H and O–H groups in total. The number of nitrogens with zero attached hydrogens (tertiary/aromatic N) is 3. The second-order valence-corrected chi connectivity index (χ2v) is 5.80. The zero-order chi connectivity index (χ0) is 15.6. The fourth-order valence-corrected chi connectivity index (χ4v) is 2.90. The van der Waals surface area contributed by atoms with Crippen molar-refractivity contribution in [2.75, 3.05) is 0 Å². The van der Waals surface area contributed by atoms with Gasteiger partial charge in [0.1, 0.15) is 0 Å². The van der Waals surface area contributed by atoms with Crippen molar-refractivity contribution < 1.29 is 4.79 Å². The predicted molar refractivity (Wildman–Crippen MR) is 81.2 cm³/mol. The van der Waals surface area contributed by atoms with E-state index < -0.39 is 11.2 Å². The lowest BCUT2D eigenvalue weighted by molar-refractivity contribution is 0.101. The lowest BCUT2D eigenvalue weighted by atomic mass is 10.2. The molecule has 6 nitrogen and oxygen atoms in total. The summed E-state index contributed by atoms with van der Waals surface area (Å²) < 4.78 is 2.30. The van der Waals surface area contributed by atoms with E-state index >= 15 is 0 Å². The van der Waals surface area contributed by atoms with Crippen LogP contribution in [-0.4, -0.2) is 19.9 Å². The lowest BCUT2D eigenvalue weighted by Gasteiger charge is -2.07. The Labute approximate surface area is 125 Å². The van der Waals surface area contributed by atoms with Gasteiger partial charge in [0.2, 0.25) is 0 Å². The van der Waals surface area contributed by atoms with Crippen LogP contribution in [0.2, 0.25) is 0 Å². The summed E-state index contributed by atoms with van der Waals surface area (Å²) in [6, 6.07) is 0. The molecule has 2 rings (SSSR count). The minimum absolute atomic E-state index is 0.0149. The number of carbonyl (C=O) groups excluding carboxylic acids is 1. The van der Waals surface area contributed by atoms with E-state index in [4.69, 9.17) is 0 Å². The van der Waals surface area contributed by atoms with Gasteiger partial charge in [0.05, 0.1) is 22.8 Å². The molecule has 112 valence electrons. The van der Waals surface area contributed by atoms with E-state index in [1.165, 1.54) is 24.7 Å². The predicted octanol–water partition coefficient (Wildman–Crippen LogP) is 1.21. The van der Waals surface area contributed by atoms with Crippen molar-refractivity contribution in [2.45, 2.75) is 33.2 Å². The van der Waals surface area contributed by atoms with Crippen LogP contribution in [0.15, 0.2) is 21.2 Å². The summed E-state index contributed by atoms with van der Waals surface area (Å²) >= 11 is 1.56. The minimum atomic E-state index is -0.561. The standard InChI is InChI=1S/C14H17N3O3S/c1-4-5-12-15-10(8-21-12)6-17-7-11(9(2)18)13(19)16(3)14(17)20/h7-8H,4-6H2,1-3H3. The number of carbonyl (C=O) groups is 1. The minimum Gasteiger partial charge on any atom is -0.294 e. The molecule has 0 saturated carbocycles. The van der Waals surface area contributed by atoms with Crippen LogP contribution >= 0.6 is 11.3 Å². The van der Waals surface area contributed by atoms with Gasteiger partial charge in [-0.3, -0.25) is 18.7 Å². The number of rotatable bonds is 5. The Morgan fingerprint density at radius 3 is 2.71 bits per heavy atom. The Kier molecular flexibility index (Phi) is 4.52. The van der Waals surface area contributed by atoms with Crippen LogP contribution in [0.1, 0.15) is 41.3 Å². The molecule has 0 fully saturated rings. The maximum absolute atomic E-state index is 12.1. The van der Waals surface area contributed by atoms with E-state index in [9.17, 15) is 14.4 Å². The fourth-order valence-electron chi connectivity index (χ4n) is 2.01. The molecule has 0 aromatic carbocycles. The molecule has 2 aromatic heterocycles. The van der Waals surface area contributed by atoms with Gasteiger partial charge in [0.25, 0.3) is 5.56 Å². The lowest BCUT2D eigenvalue weighted by Crippen LogP contribution is -2.40. The molecule has 21 heavy (non-hydrogen) atoms. The first-order chi connectivity index (χ1) is 9.93. The van der Waals surface area contributed by atoms with Crippen LogP contribution in [0.5, 0.6) is 0 Å². The van der Waals surface area contributed by atoms with Gasteiger partial charge < -0.3 is 0 Å². The Balaban J connectivity index is 2.41. The molecule has 0 amide bonds. The second-order valence-electron chi connectivity index (χ2n) is 4.86. The Morgan fingerprint density at radius 2 is 2.10 bits per heavy atom. The Bertz CT molecular complexity index is 785. The smallest absolute Gasteiger partial charge is 0.294 e. The summed E-state index contributed by atoms with van der Waals surface area (Å²) in [6.07, 6.45) is 3.25. The van der Waals surface area contributed by atoms with Gasteiger partial charge in [-0.1, -0.05) is 6.92 Å². The third-order valence-corrected chi connectivity index (χ3v) is 4.08. The normalized spacial score (nSPS) is 10.8. The Morgan fingerprint density at radius 1 is 1.38 bits per heavy atom. The van der Waals surface area contributed by atoms with Gasteiger partial charge in [-0.15, -0.1) is 11.3 Å². The number of thiazole rings is 1. The van der Waals surface area contributed by atoms with E-state index in [1.807, 2.05) is 5.38 Å². The number of aryl methyl sites for hydroxylation is 1. The van der Waals surface area contributed by atoms with Crippen molar-refractivity contribution in [1.29, 1.82) is 0 Å². The van der Waals surface area contributed by atoms with Crippen LogP contribution in [-0.2, 0) is 20.0 Å². The summed E-state index contributed by atoms with van der Waals surface area (Å²) in [5, 5.41) is 2.92. The summed E-state index contributed by atoms with van der Waals surface area (Å²) in [6.45, 7) is 3.65. The highest BCUT2D eigenvalue weighted by molar-refractivity contribution is 7.09. The summed E-state index contributed by atoms with van der Waals surface area (Å²) in [5.74, 6) is -0.353. The molecule has 0 radical (unpaired) electrons. The van der Waals surface area contributed by atoms with Crippen molar-refractivity contribution in [1.82, 2.24) is 14.1 Å². The SMILES string of the molecule is CCCc1nc(Cn2cc(C(C)=O)c(=O)n(C)c2=O)cs1. The number of ketones is 1. The van der Waals surface area contributed by atoms with Gasteiger partial charge in [0, 0.05) is 18.6 Å². The number of aromatic nitrogens is 3. The third kappa shape index (κ3) is 3.18. The van der Waals surface area contributed by atoms with Crippen molar-refractivity contribution in [3.8, 4) is 0 Å². The van der Waals surface area contributed by atoms with E-state index in [0.29, 0.717) is 0 Å². The first kappa shape index (κ1) is 15.4. The molecule has 0 unspecified atom stereocenters. The maximum atomic E-state index is 12.1. The molecule has 0 atom stereocenters. The monoisotopic (exact) mass is 307 g/mol. The zero-order valence-corrected chi connectivity index (χ0v) is 13.1. The topological polar surface area (TPSA) is 74.0 Å². The first-order valence-corrected chi connectivity index (χ1v) is 7.56. The summed E-state index contributed by atoms with van der Waals surface area (Å²) in [7, 11) is 1.37. The molecular weight excluding hydrogens is 290 g/mol. The average Bonchev–Trinajstić information content (AvgIpc) is 2.87. The van der Waals surface area contributed by atoms with Crippen molar-refractivity contribution >= 4 is 17.1 Å². The van der Waals surface area contributed by atoms with E-state index in [2.05, 4.69) is 11.9 Å². The van der Waals surface area contributed by atoms with Gasteiger partial charge in [-0.25, -0.2) is 9.78 Å². The van der Waals surface area contributed by atoms with E-state index in [1.54, 1.807) is 11.3 Å². The molecule has 2 heterocycles. The van der Waals surface area contributed by atoms with Crippen LogP contribution in [0.4, 0.5) is 0 Å². The Hall–Kier alpha value is -2.02. The number of hydrogen-bond acceptors (Lipinski definition) is 5. The fraction of sp³-hybridized carbons (Fsp3) is 0.429. The van der Waals surface area contributed by atoms with Gasteiger partial charge >= 0.3 is 5.69 Å². The van der Waals surface area contributed by atoms with Crippen LogP contribution in [0, 0.1) is 0 Å². The highest BCUT2D eigenvalue weighted by atomic mass is 32.1. The molecule has 0 aliphatic rings. The molecule has 0 aliphatic carbocycles. The number of Topliss-reactive ketones (excluding diaryl/α,β-unsaturated/α-hetero) is 1. The highest BCUT2D eigenvalue weighted by Gasteiger charge is 2.13.